The summed E-state index contributed by atoms with van der Waals surface area (Å²) >= 11 is 0. The lowest BCUT2D eigenvalue weighted by Crippen LogP contribution is -2.36. The lowest BCUT2D eigenvalue weighted by Gasteiger charge is -2.29. The van der Waals surface area contributed by atoms with E-state index in [-0.39, 0.29) is 41.5 Å². The minimum atomic E-state index is -0.839. The van der Waals surface area contributed by atoms with E-state index in [9.17, 15) is 14.3 Å². The van der Waals surface area contributed by atoms with Crippen LogP contribution >= 0.6 is 0 Å². The molecule has 1 saturated heterocycles. The molecule has 4 aromatic rings. The van der Waals surface area contributed by atoms with Crippen LogP contribution in [0.5, 0.6) is 17.4 Å². The molecule has 1 aromatic carbocycles. The maximum atomic E-state index is 15.1. The van der Waals surface area contributed by atoms with E-state index in [4.69, 9.17) is 14.2 Å². The van der Waals surface area contributed by atoms with Crippen molar-refractivity contribution in [1.29, 1.82) is 0 Å². The van der Waals surface area contributed by atoms with Gasteiger partial charge in [0.2, 0.25) is 0 Å². The van der Waals surface area contributed by atoms with Crippen molar-refractivity contribution in [3.05, 3.63) is 71.7 Å². The topological polar surface area (TPSA) is 119 Å². The van der Waals surface area contributed by atoms with Gasteiger partial charge in [-0.15, -0.1) is 0 Å². The van der Waals surface area contributed by atoms with Crippen LogP contribution in [0.15, 0.2) is 48.9 Å². The number of aliphatic hydroxyl groups is 1. The number of ketones is 1. The number of aliphatic hydroxyl groups excluding tert-OH is 1. The summed E-state index contributed by atoms with van der Waals surface area (Å²) in [4.78, 5) is 24.5. The zero-order chi connectivity index (χ0) is 25.9. The van der Waals surface area contributed by atoms with Gasteiger partial charge in [0.25, 0.3) is 5.88 Å². The van der Waals surface area contributed by atoms with Crippen LogP contribution in [0, 0.1) is 11.6 Å². The monoisotopic (exact) mass is 510 g/mol. The van der Waals surface area contributed by atoms with Gasteiger partial charge >= 0.3 is 0 Å². The van der Waals surface area contributed by atoms with Crippen LogP contribution in [-0.2, 0) is 4.74 Å². The highest BCUT2D eigenvalue weighted by atomic mass is 19.1. The average molecular weight is 510 g/mol. The number of methoxy groups -OCH3 is 1. The fourth-order valence-corrected chi connectivity index (χ4v) is 4.27. The quantitative estimate of drug-likeness (QED) is 0.302. The number of fused-ring (bicyclic) bond motifs is 1. The number of aromatic amines is 1. The highest BCUT2D eigenvalue weighted by Gasteiger charge is 2.26. The summed E-state index contributed by atoms with van der Waals surface area (Å²) in [7, 11) is 1.49. The molecule has 1 aliphatic heterocycles. The van der Waals surface area contributed by atoms with Gasteiger partial charge in [-0.1, -0.05) is 0 Å². The van der Waals surface area contributed by atoms with Crippen molar-refractivity contribution in [2.24, 2.45) is 0 Å². The van der Waals surface area contributed by atoms with Gasteiger partial charge in [0.05, 0.1) is 54.8 Å². The van der Waals surface area contributed by atoms with E-state index in [0.717, 1.165) is 12.5 Å². The zero-order valence-corrected chi connectivity index (χ0v) is 19.8. The molecule has 3 N–H and O–H groups in total. The van der Waals surface area contributed by atoms with E-state index in [2.05, 4.69) is 20.3 Å². The number of anilines is 1. The first-order valence-electron chi connectivity index (χ1n) is 11.6. The van der Waals surface area contributed by atoms with Crippen LogP contribution in [0.1, 0.15) is 28.8 Å². The minimum absolute atomic E-state index is 0.00486. The number of aromatic nitrogens is 3. The van der Waals surface area contributed by atoms with Crippen LogP contribution in [0.3, 0.4) is 0 Å². The van der Waals surface area contributed by atoms with E-state index >= 15 is 4.39 Å². The Balaban J connectivity index is 1.46. The fourth-order valence-electron chi connectivity index (χ4n) is 4.27. The molecule has 1 fully saturated rings. The van der Waals surface area contributed by atoms with Gasteiger partial charge in [-0.05, 0) is 37.1 Å². The van der Waals surface area contributed by atoms with Gasteiger partial charge in [-0.25, -0.2) is 18.7 Å². The SMILES string of the molecule is COc1cnc2[nH]cc(C(=O)c3ccc(Oc4ncccc4F)cc3F)c2c1N[C@@H]1CC[C@@H](CO)OC1. The fraction of sp³-hybridized carbons (Fsp3) is 0.269. The van der Waals surface area contributed by atoms with Gasteiger partial charge in [0, 0.05) is 24.5 Å². The number of rotatable bonds is 8. The van der Waals surface area contributed by atoms with Crippen molar-refractivity contribution in [1.82, 2.24) is 15.0 Å². The van der Waals surface area contributed by atoms with Crippen molar-refractivity contribution in [2.75, 3.05) is 25.6 Å². The number of H-pyrrole nitrogens is 1. The van der Waals surface area contributed by atoms with Gasteiger partial charge in [0.15, 0.2) is 17.3 Å². The maximum absolute atomic E-state index is 15.1. The van der Waals surface area contributed by atoms with Gasteiger partial charge in [-0.3, -0.25) is 4.79 Å². The Labute approximate surface area is 210 Å². The molecule has 0 saturated carbocycles. The molecule has 0 bridgehead atoms. The Morgan fingerprint density at radius 1 is 1.22 bits per heavy atom. The number of carbonyl (C=O) groups excluding carboxylic acids is 1. The molecule has 3 aromatic heterocycles. The van der Waals surface area contributed by atoms with Crippen LogP contribution in [0.25, 0.3) is 11.0 Å². The summed E-state index contributed by atoms with van der Waals surface area (Å²) in [6, 6.07) is 6.13. The van der Waals surface area contributed by atoms with E-state index < -0.39 is 17.4 Å². The molecule has 0 unspecified atom stereocenters. The minimum Gasteiger partial charge on any atom is -0.493 e. The molecule has 9 nitrogen and oxygen atoms in total. The average Bonchev–Trinajstić information content (AvgIpc) is 3.35. The Morgan fingerprint density at radius 3 is 2.78 bits per heavy atom. The number of carbonyl (C=O) groups is 1. The zero-order valence-electron chi connectivity index (χ0n) is 19.8. The Hall–Kier alpha value is -4.09. The lowest BCUT2D eigenvalue weighted by atomic mass is 10.0. The molecule has 192 valence electrons. The van der Waals surface area contributed by atoms with Gasteiger partial charge < -0.3 is 29.6 Å². The number of hydrogen-bond donors (Lipinski definition) is 3. The van der Waals surface area contributed by atoms with Gasteiger partial charge in [-0.2, -0.15) is 0 Å². The molecule has 0 aliphatic carbocycles. The molecule has 1 aliphatic rings. The third-order valence-corrected chi connectivity index (χ3v) is 6.18. The standard InChI is InChI=1S/C26H24F2N4O5/c1-35-21-11-31-25-22(23(21)32-14-4-5-16(12-33)36-13-14)18(10-30-25)24(34)17-7-6-15(9-20(17)28)37-26-19(27)3-2-8-29-26/h2-3,6-11,14,16,33H,4-5,12-13H2,1H3,(H2,30,31,32)/t14-,16+/m1/s1. The molecule has 2 atom stereocenters. The Kier molecular flexibility index (Phi) is 6.97. The van der Waals surface area contributed by atoms with E-state index in [1.807, 2.05) is 0 Å². The second kappa shape index (κ2) is 10.5. The molecule has 11 heteroatoms. The third-order valence-electron chi connectivity index (χ3n) is 6.18. The molecule has 37 heavy (non-hydrogen) atoms. The first-order valence-corrected chi connectivity index (χ1v) is 11.6. The largest absolute Gasteiger partial charge is 0.493 e. The molecular weight excluding hydrogens is 486 g/mol. The molecule has 4 heterocycles. The number of benzene rings is 1. The molecule has 0 amide bonds. The number of ether oxygens (including phenoxy) is 3. The third kappa shape index (κ3) is 4.95. The summed E-state index contributed by atoms with van der Waals surface area (Å²) in [6.45, 7) is 0.317. The number of nitrogens with zero attached hydrogens (tertiary/aromatic N) is 2. The summed E-state index contributed by atoms with van der Waals surface area (Å²) in [5.74, 6) is -2.02. The second-order valence-corrected chi connectivity index (χ2v) is 8.55. The van der Waals surface area contributed by atoms with Crippen LogP contribution < -0.4 is 14.8 Å². The highest BCUT2D eigenvalue weighted by molar-refractivity contribution is 6.19. The number of halogens is 2. The normalized spacial score (nSPS) is 17.5. The molecular formula is C26H24F2N4O5. The number of pyridine rings is 2. The van der Waals surface area contributed by atoms with E-state index in [1.54, 1.807) is 0 Å². The number of nitrogens with one attached hydrogen (secondary N) is 2. The van der Waals surface area contributed by atoms with Gasteiger partial charge in [0.1, 0.15) is 17.2 Å². The van der Waals surface area contributed by atoms with Crippen LogP contribution in [0.4, 0.5) is 14.5 Å². The highest BCUT2D eigenvalue weighted by Crippen LogP contribution is 2.37. The Morgan fingerprint density at radius 2 is 2.08 bits per heavy atom. The predicted molar refractivity (Wildman–Crippen MR) is 130 cm³/mol. The lowest BCUT2D eigenvalue weighted by molar-refractivity contribution is -0.0223. The van der Waals surface area contributed by atoms with E-state index in [0.29, 0.717) is 35.5 Å². The molecule has 5 rings (SSSR count). The summed E-state index contributed by atoms with van der Waals surface area (Å²) in [6.07, 6.45) is 5.55. The summed E-state index contributed by atoms with van der Waals surface area (Å²) in [5.41, 5.74) is 0.939. The van der Waals surface area contributed by atoms with Crippen molar-refractivity contribution in [2.45, 2.75) is 25.0 Å². The van der Waals surface area contributed by atoms with Crippen molar-refractivity contribution >= 4 is 22.5 Å². The van der Waals surface area contributed by atoms with Crippen molar-refractivity contribution in [3.8, 4) is 17.4 Å². The second-order valence-electron chi connectivity index (χ2n) is 8.55. The predicted octanol–water partition coefficient (Wildman–Crippen LogP) is 4.22. The van der Waals surface area contributed by atoms with Crippen LogP contribution in [-0.4, -0.2) is 58.3 Å². The van der Waals surface area contributed by atoms with Crippen LogP contribution in [0.2, 0.25) is 0 Å². The first kappa shape index (κ1) is 24.6. The summed E-state index contributed by atoms with van der Waals surface area (Å²) in [5, 5.41) is 13.1. The summed E-state index contributed by atoms with van der Waals surface area (Å²) < 4.78 is 45.4. The molecule has 0 spiro atoms. The smallest absolute Gasteiger partial charge is 0.255 e. The van der Waals surface area contributed by atoms with Crippen molar-refractivity contribution in [3.63, 3.8) is 0 Å². The Bertz CT molecular complexity index is 1440. The first-order chi connectivity index (χ1) is 18.0. The molecule has 0 radical (unpaired) electrons. The maximum Gasteiger partial charge on any atom is 0.255 e. The van der Waals surface area contributed by atoms with Crippen molar-refractivity contribution < 1.29 is 32.9 Å². The van der Waals surface area contributed by atoms with E-state index in [1.165, 1.54) is 50.0 Å². The number of hydrogen-bond acceptors (Lipinski definition) is 8.